The third kappa shape index (κ3) is 3.38. The van der Waals surface area contributed by atoms with Crippen LogP contribution in [0.5, 0.6) is 5.75 Å². The molecule has 114 valence electrons. The molecule has 0 N–H and O–H groups in total. The highest BCUT2D eigenvalue weighted by Crippen LogP contribution is 2.27. The average molecular weight is 289 g/mol. The summed E-state index contributed by atoms with van der Waals surface area (Å²) < 4.78 is 10.7. The summed E-state index contributed by atoms with van der Waals surface area (Å²) in [5.74, 6) is 1.11. The number of piperidine rings is 1. The number of esters is 1. The van der Waals surface area contributed by atoms with Gasteiger partial charge in [-0.05, 0) is 50.0 Å². The van der Waals surface area contributed by atoms with E-state index in [4.69, 9.17) is 9.47 Å². The Balaban J connectivity index is 1.52. The molecular formula is C17H23NO3. The Bertz CT molecular complexity index is 507. The quantitative estimate of drug-likeness (QED) is 0.798. The smallest absolute Gasteiger partial charge is 0.309 e. The van der Waals surface area contributed by atoms with Gasteiger partial charge in [0.05, 0.1) is 19.1 Å². The molecule has 1 fully saturated rings. The number of hydrogen-bond acceptors (Lipinski definition) is 4. The maximum absolute atomic E-state index is 11.7. The lowest BCUT2D eigenvalue weighted by molar-refractivity contribution is -0.149. The Morgan fingerprint density at radius 2 is 2.19 bits per heavy atom. The van der Waals surface area contributed by atoms with Gasteiger partial charge in [0.25, 0.3) is 0 Å². The van der Waals surface area contributed by atoms with Crippen LogP contribution >= 0.6 is 0 Å². The van der Waals surface area contributed by atoms with Crippen LogP contribution in [0.25, 0.3) is 0 Å². The highest BCUT2D eigenvalue weighted by Gasteiger charge is 2.26. The first-order valence-corrected chi connectivity index (χ1v) is 7.90. The topological polar surface area (TPSA) is 38.8 Å². The van der Waals surface area contributed by atoms with Crippen molar-refractivity contribution in [1.82, 2.24) is 4.90 Å². The zero-order valence-corrected chi connectivity index (χ0v) is 12.6. The molecule has 21 heavy (non-hydrogen) atoms. The molecule has 2 heterocycles. The van der Waals surface area contributed by atoms with Gasteiger partial charge in [-0.3, -0.25) is 9.69 Å². The Labute approximate surface area is 126 Å². The Morgan fingerprint density at radius 1 is 1.38 bits per heavy atom. The van der Waals surface area contributed by atoms with Gasteiger partial charge in [0, 0.05) is 13.0 Å². The van der Waals surface area contributed by atoms with E-state index in [0.717, 1.165) is 51.3 Å². The average Bonchev–Trinajstić information content (AvgIpc) is 2.96. The molecule has 0 atom stereocenters. The van der Waals surface area contributed by atoms with Gasteiger partial charge in [-0.25, -0.2) is 0 Å². The van der Waals surface area contributed by atoms with Crippen LogP contribution < -0.4 is 4.74 Å². The van der Waals surface area contributed by atoms with E-state index >= 15 is 0 Å². The van der Waals surface area contributed by atoms with E-state index in [-0.39, 0.29) is 11.9 Å². The molecule has 1 saturated heterocycles. The largest absolute Gasteiger partial charge is 0.493 e. The van der Waals surface area contributed by atoms with E-state index in [1.807, 2.05) is 6.92 Å². The lowest BCUT2D eigenvalue weighted by atomic mass is 9.96. The van der Waals surface area contributed by atoms with Crippen molar-refractivity contribution in [1.29, 1.82) is 0 Å². The molecule has 0 amide bonds. The van der Waals surface area contributed by atoms with Crippen LogP contribution in [0.2, 0.25) is 0 Å². The van der Waals surface area contributed by atoms with E-state index in [0.29, 0.717) is 6.61 Å². The second-order valence-electron chi connectivity index (χ2n) is 5.84. The first-order chi connectivity index (χ1) is 10.3. The van der Waals surface area contributed by atoms with Crippen LogP contribution in [0.4, 0.5) is 0 Å². The third-order valence-corrected chi connectivity index (χ3v) is 4.37. The van der Waals surface area contributed by atoms with Crippen LogP contribution in [0.3, 0.4) is 0 Å². The standard InChI is InChI=1S/C17H23NO3/c1-2-20-17(19)14-5-8-18(9-6-14)12-13-3-4-16-15(11-13)7-10-21-16/h3-4,11,14H,2,5-10,12H2,1H3. The lowest BCUT2D eigenvalue weighted by Gasteiger charge is -2.30. The number of fused-ring (bicyclic) bond motifs is 1. The van der Waals surface area contributed by atoms with Crippen molar-refractivity contribution in [3.05, 3.63) is 29.3 Å². The van der Waals surface area contributed by atoms with Gasteiger partial charge in [0.15, 0.2) is 0 Å². The molecule has 2 aliphatic rings. The fraction of sp³-hybridized carbons (Fsp3) is 0.588. The summed E-state index contributed by atoms with van der Waals surface area (Å²) in [6, 6.07) is 6.50. The molecule has 0 aromatic heterocycles. The van der Waals surface area contributed by atoms with Crippen molar-refractivity contribution in [2.24, 2.45) is 5.92 Å². The fourth-order valence-electron chi connectivity index (χ4n) is 3.18. The second kappa shape index (κ2) is 6.48. The molecule has 0 radical (unpaired) electrons. The number of benzene rings is 1. The number of nitrogens with zero attached hydrogens (tertiary/aromatic N) is 1. The van der Waals surface area contributed by atoms with Crippen molar-refractivity contribution in [2.75, 3.05) is 26.3 Å². The summed E-state index contributed by atoms with van der Waals surface area (Å²) >= 11 is 0. The third-order valence-electron chi connectivity index (χ3n) is 4.37. The van der Waals surface area contributed by atoms with Crippen molar-refractivity contribution in [2.45, 2.75) is 32.7 Å². The van der Waals surface area contributed by atoms with Gasteiger partial charge < -0.3 is 9.47 Å². The fourth-order valence-corrected chi connectivity index (χ4v) is 3.18. The van der Waals surface area contributed by atoms with Gasteiger partial charge in [-0.2, -0.15) is 0 Å². The van der Waals surface area contributed by atoms with Crippen LogP contribution in [0.1, 0.15) is 30.9 Å². The van der Waals surface area contributed by atoms with E-state index in [2.05, 4.69) is 23.1 Å². The van der Waals surface area contributed by atoms with Gasteiger partial charge >= 0.3 is 5.97 Å². The Morgan fingerprint density at radius 3 is 2.95 bits per heavy atom. The summed E-state index contributed by atoms with van der Waals surface area (Å²) in [7, 11) is 0. The number of ether oxygens (including phenoxy) is 2. The number of rotatable bonds is 4. The summed E-state index contributed by atoms with van der Waals surface area (Å²) in [6.07, 6.45) is 2.84. The molecule has 2 aliphatic heterocycles. The van der Waals surface area contributed by atoms with Crippen molar-refractivity contribution >= 4 is 5.97 Å². The lowest BCUT2D eigenvalue weighted by Crippen LogP contribution is -2.36. The minimum atomic E-state index is -0.0215. The molecule has 0 spiro atoms. The van der Waals surface area contributed by atoms with E-state index < -0.39 is 0 Å². The van der Waals surface area contributed by atoms with Crippen molar-refractivity contribution in [3.63, 3.8) is 0 Å². The molecule has 4 nitrogen and oxygen atoms in total. The van der Waals surface area contributed by atoms with E-state index in [9.17, 15) is 4.79 Å². The predicted octanol–water partition coefficient (Wildman–Crippen LogP) is 2.40. The van der Waals surface area contributed by atoms with Gasteiger partial charge in [0.1, 0.15) is 5.75 Å². The highest BCUT2D eigenvalue weighted by molar-refractivity contribution is 5.72. The van der Waals surface area contributed by atoms with Crippen molar-refractivity contribution in [3.8, 4) is 5.75 Å². The second-order valence-corrected chi connectivity index (χ2v) is 5.84. The Hall–Kier alpha value is -1.55. The van der Waals surface area contributed by atoms with Gasteiger partial charge in [0.2, 0.25) is 0 Å². The SMILES string of the molecule is CCOC(=O)C1CCN(Cc2ccc3c(c2)CCO3)CC1. The summed E-state index contributed by atoms with van der Waals surface area (Å²) in [5.41, 5.74) is 2.67. The molecule has 0 bridgehead atoms. The maximum atomic E-state index is 11.7. The molecule has 3 rings (SSSR count). The summed E-state index contributed by atoms with van der Waals surface area (Å²) in [5, 5.41) is 0. The molecule has 0 saturated carbocycles. The van der Waals surface area contributed by atoms with Gasteiger partial charge in [-0.15, -0.1) is 0 Å². The molecule has 4 heteroatoms. The van der Waals surface area contributed by atoms with Gasteiger partial charge in [-0.1, -0.05) is 12.1 Å². The van der Waals surface area contributed by atoms with Crippen LogP contribution in [0.15, 0.2) is 18.2 Å². The first-order valence-electron chi connectivity index (χ1n) is 7.90. The van der Waals surface area contributed by atoms with E-state index in [1.165, 1.54) is 11.1 Å². The molecule has 1 aromatic carbocycles. The minimum absolute atomic E-state index is 0.0215. The monoisotopic (exact) mass is 289 g/mol. The summed E-state index contributed by atoms with van der Waals surface area (Å²) in [6.45, 7) is 6.06. The number of hydrogen-bond donors (Lipinski definition) is 0. The van der Waals surface area contributed by atoms with Crippen molar-refractivity contribution < 1.29 is 14.3 Å². The molecular weight excluding hydrogens is 266 g/mol. The Kier molecular flexibility index (Phi) is 4.44. The molecule has 1 aromatic rings. The molecule has 0 unspecified atom stereocenters. The van der Waals surface area contributed by atoms with E-state index in [1.54, 1.807) is 0 Å². The summed E-state index contributed by atoms with van der Waals surface area (Å²) in [4.78, 5) is 14.2. The molecule has 0 aliphatic carbocycles. The number of carbonyl (C=O) groups excluding carboxylic acids is 1. The van der Waals surface area contributed by atoms with Crippen LogP contribution in [-0.2, 0) is 22.5 Å². The highest BCUT2D eigenvalue weighted by atomic mass is 16.5. The number of carbonyl (C=O) groups is 1. The first kappa shape index (κ1) is 14.4. The normalized spacial score (nSPS) is 19.1. The minimum Gasteiger partial charge on any atom is -0.493 e. The zero-order chi connectivity index (χ0) is 14.7. The zero-order valence-electron chi connectivity index (χ0n) is 12.6. The van der Waals surface area contributed by atoms with Crippen LogP contribution in [-0.4, -0.2) is 37.2 Å². The predicted molar refractivity (Wildman–Crippen MR) is 80.3 cm³/mol. The number of likely N-dealkylation sites (tertiary alicyclic amines) is 1. The van der Waals surface area contributed by atoms with Crippen LogP contribution in [0, 0.1) is 5.92 Å². The maximum Gasteiger partial charge on any atom is 0.309 e.